The normalized spacial score (nSPS) is 11.8. The van der Waals surface area contributed by atoms with E-state index in [2.05, 4.69) is 43.3 Å². The fourth-order valence-electron chi connectivity index (χ4n) is 1.97. The van der Waals surface area contributed by atoms with Crippen LogP contribution in [0.5, 0.6) is 5.75 Å². The highest BCUT2D eigenvalue weighted by Crippen LogP contribution is 2.23. The molecule has 0 amide bonds. The molecule has 0 aromatic heterocycles. The van der Waals surface area contributed by atoms with Crippen molar-refractivity contribution >= 4 is 0 Å². The zero-order valence-corrected chi connectivity index (χ0v) is 12.1. The SMILES string of the molecule is C#CCCC(NCCC)c1cccc(OCCC)c1. The smallest absolute Gasteiger partial charge is 0.119 e. The Balaban J connectivity index is 2.73. The van der Waals surface area contributed by atoms with Crippen molar-refractivity contribution in [3.05, 3.63) is 29.8 Å². The second kappa shape index (κ2) is 9.47. The van der Waals surface area contributed by atoms with E-state index in [1.807, 2.05) is 6.07 Å². The fraction of sp³-hybridized carbons (Fsp3) is 0.529. The van der Waals surface area contributed by atoms with E-state index in [0.717, 1.165) is 44.6 Å². The average Bonchev–Trinajstić information content (AvgIpc) is 2.45. The minimum atomic E-state index is 0.321. The lowest BCUT2D eigenvalue weighted by Crippen LogP contribution is -2.22. The summed E-state index contributed by atoms with van der Waals surface area (Å²) in [4.78, 5) is 0. The van der Waals surface area contributed by atoms with Gasteiger partial charge in [-0.3, -0.25) is 0 Å². The highest BCUT2D eigenvalue weighted by Gasteiger charge is 2.10. The van der Waals surface area contributed by atoms with Crippen LogP contribution in [-0.4, -0.2) is 13.2 Å². The standard InChI is InChI=1S/C17H25NO/c1-4-7-11-17(18-12-5-2)15-9-8-10-16(14-15)19-13-6-3/h1,8-10,14,17-18H,5-7,11-13H2,2-3H3. The molecule has 0 saturated heterocycles. The Morgan fingerprint density at radius 2 is 2.16 bits per heavy atom. The van der Waals surface area contributed by atoms with E-state index < -0.39 is 0 Å². The molecule has 1 atom stereocenters. The molecule has 2 heteroatoms. The minimum absolute atomic E-state index is 0.321. The first-order valence-electron chi connectivity index (χ1n) is 7.21. The average molecular weight is 259 g/mol. The summed E-state index contributed by atoms with van der Waals surface area (Å²) in [5.74, 6) is 3.67. The van der Waals surface area contributed by atoms with E-state index in [-0.39, 0.29) is 0 Å². The van der Waals surface area contributed by atoms with Gasteiger partial charge in [-0.2, -0.15) is 0 Å². The van der Waals surface area contributed by atoms with Gasteiger partial charge in [0.2, 0.25) is 0 Å². The number of rotatable bonds is 9. The van der Waals surface area contributed by atoms with Gasteiger partial charge in [0.15, 0.2) is 0 Å². The summed E-state index contributed by atoms with van der Waals surface area (Å²) in [6, 6.07) is 8.65. The molecule has 1 aromatic carbocycles. The molecule has 0 radical (unpaired) electrons. The highest BCUT2D eigenvalue weighted by atomic mass is 16.5. The molecule has 104 valence electrons. The highest BCUT2D eigenvalue weighted by molar-refractivity contribution is 5.30. The third-order valence-electron chi connectivity index (χ3n) is 2.95. The lowest BCUT2D eigenvalue weighted by molar-refractivity contribution is 0.316. The molecule has 1 rings (SSSR count). The van der Waals surface area contributed by atoms with Crippen molar-refractivity contribution in [3.8, 4) is 18.1 Å². The maximum absolute atomic E-state index is 5.69. The Kier molecular flexibility index (Phi) is 7.77. The first-order chi connectivity index (χ1) is 9.31. The predicted molar refractivity (Wildman–Crippen MR) is 81.3 cm³/mol. The van der Waals surface area contributed by atoms with E-state index in [1.165, 1.54) is 5.56 Å². The zero-order valence-electron chi connectivity index (χ0n) is 12.1. The molecular formula is C17H25NO. The first-order valence-corrected chi connectivity index (χ1v) is 7.21. The van der Waals surface area contributed by atoms with Crippen molar-refractivity contribution in [2.45, 2.75) is 45.6 Å². The van der Waals surface area contributed by atoms with Crippen molar-refractivity contribution in [2.24, 2.45) is 0 Å². The first kappa shape index (κ1) is 15.6. The van der Waals surface area contributed by atoms with Gasteiger partial charge in [-0.1, -0.05) is 26.0 Å². The molecule has 0 fully saturated rings. The van der Waals surface area contributed by atoms with Crippen LogP contribution in [-0.2, 0) is 0 Å². The Bertz CT molecular complexity index is 394. The largest absolute Gasteiger partial charge is 0.494 e. The van der Waals surface area contributed by atoms with Gasteiger partial charge in [-0.05, 0) is 43.5 Å². The van der Waals surface area contributed by atoms with Crippen LogP contribution in [0.1, 0.15) is 51.1 Å². The zero-order chi connectivity index (χ0) is 13.9. The topological polar surface area (TPSA) is 21.3 Å². The third-order valence-corrected chi connectivity index (χ3v) is 2.95. The van der Waals surface area contributed by atoms with Crippen LogP contribution in [0, 0.1) is 12.3 Å². The summed E-state index contributed by atoms with van der Waals surface area (Å²) in [5, 5.41) is 3.55. The Morgan fingerprint density at radius 1 is 1.32 bits per heavy atom. The molecular weight excluding hydrogens is 234 g/mol. The van der Waals surface area contributed by atoms with Crippen LogP contribution in [0.15, 0.2) is 24.3 Å². The molecule has 0 aliphatic heterocycles. The molecule has 0 heterocycles. The number of nitrogens with one attached hydrogen (secondary N) is 1. The molecule has 1 N–H and O–H groups in total. The molecule has 0 aliphatic rings. The van der Waals surface area contributed by atoms with Crippen molar-refractivity contribution in [1.82, 2.24) is 5.32 Å². The van der Waals surface area contributed by atoms with E-state index in [0.29, 0.717) is 6.04 Å². The van der Waals surface area contributed by atoms with E-state index in [9.17, 15) is 0 Å². The lowest BCUT2D eigenvalue weighted by Gasteiger charge is -2.19. The Labute approximate surface area is 117 Å². The molecule has 0 saturated carbocycles. The third kappa shape index (κ3) is 5.81. The van der Waals surface area contributed by atoms with Crippen molar-refractivity contribution in [2.75, 3.05) is 13.2 Å². The van der Waals surface area contributed by atoms with Gasteiger partial charge in [-0.15, -0.1) is 12.3 Å². The van der Waals surface area contributed by atoms with E-state index in [4.69, 9.17) is 11.2 Å². The van der Waals surface area contributed by atoms with Crippen LogP contribution in [0.2, 0.25) is 0 Å². The summed E-state index contributed by atoms with van der Waals surface area (Å²) >= 11 is 0. The van der Waals surface area contributed by atoms with E-state index >= 15 is 0 Å². The molecule has 2 nitrogen and oxygen atoms in total. The van der Waals surface area contributed by atoms with Crippen LogP contribution in [0.25, 0.3) is 0 Å². The number of terminal acetylenes is 1. The van der Waals surface area contributed by atoms with Crippen LogP contribution in [0.4, 0.5) is 0 Å². The summed E-state index contributed by atoms with van der Waals surface area (Å²) in [6.45, 7) is 6.06. The minimum Gasteiger partial charge on any atom is -0.494 e. The van der Waals surface area contributed by atoms with Gasteiger partial charge < -0.3 is 10.1 Å². The van der Waals surface area contributed by atoms with Gasteiger partial charge in [0.25, 0.3) is 0 Å². The lowest BCUT2D eigenvalue weighted by atomic mass is 10.0. The van der Waals surface area contributed by atoms with E-state index in [1.54, 1.807) is 0 Å². The van der Waals surface area contributed by atoms with Gasteiger partial charge >= 0.3 is 0 Å². The molecule has 1 unspecified atom stereocenters. The molecule has 0 aliphatic carbocycles. The summed E-state index contributed by atoms with van der Waals surface area (Å²) in [7, 11) is 0. The molecule has 19 heavy (non-hydrogen) atoms. The van der Waals surface area contributed by atoms with Crippen LogP contribution in [0.3, 0.4) is 0 Å². The quantitative estimate of drug-likeness (QED) is 0.678. The summed E-state index contributed by atoms with van der Waals surface area (Å²) in [5.41, 5.74) is 1.26. The molecule has 0 bridgehead atoms. The fourth-order valence-corrected chi connectivity index (χ4v) is 1.97. The van der Waals surface area contributed by atoms with Crippen LogP contribution >= 0.6 is 0 Å². The van der Waals surface area contributed by atoms with Crippen molar-refractivity contribution < 1.29 is 4.74 Å². The van der Waals surface area contributed by atoms with Crippen molar-refractivity contribution in [3.63, 3.8) is 0 Å². The molecule has 0 spiro atoms. The number of benzene rings is 1. The number of hydrogen-bond acceptors (Lipinski definition) is 2. The monoisotopic (exact) mass is 259 g/mol. The van der Waals surface area contributed by atoms with Gasteiger partial charge in [0, 0.05) is 12.5 Å². The Morgan fingerprint density at radius 3 is 2.84 bits per heavy atom. The predicted octanol–water partition coefficient (Wildman–Crippen LogP) is 3.93. The maximum atomic E-state index is 5.69. The number of hydrogen-bond donors (Lipinski definition) is 1. The maximum Gasteiger partial charge on any atom is 0.119 e. The summed E-state index contributed by atoms with van der Waals surface area (Å²) in [6.07, 6.45) is 9.29. The van der Waals surface area contributed by atoms with Gasteiger partial charge in [0.05, 0.1) is 6.61 Å². The molecule has 1 aromatic rings. The van der Waals surface area contributed by atoms with Gasteiger partial charge in [0.1, 0.15) is 5.75 Å². The van der Waals surface area contributed by atoms with Gasteiger partial charge in [-0.25, -0.2) is 0 Å². The van der Waals surface area contributed by atoms with Crippen LogP contribution < -0.4 is 10.1 Å². The van der Waals surface area contributed by atoms with Crippen molar-refractivity contribution in [1.29, 1.82) is 0 Å². The number of ether oxygens (including phenoxy) is 1. The second-order valence-corrected chi connectivity index (χ2v) is 4.67. The second-order valence-electron chi connectivity index (χ2n) is 4.67. The Hall–Kier alpha value is -1.46. The summed E-state index contributed by atoms with van der Waals surface area (Å²) < 4.78 is 5.69.